The molecule has 1 fully saturated rings. The Bertz CT molecular complexity index is 424. The standard InChI is InChI=1S/C19H33NO5/c1-2-14-25-15-17(21)12-11-16-8-7-9-18(22)20(16)13-6-4-3-5-10-19(23)24/h11-12,16-17,21H,2-10,13-15H2,1H3,(H,23,24)/b12-11+/t16-,17?/m1/s1. The molecule has 25 heavy (non-hydrogen) atoms. The van der Waals surface area contributed by atoms with Gasteiger partial charge in [0.2, 0.25) is 5.91 Å². The number of aliphatic hydroxyl groups excluding tert-OH is 1. The monoisotopic (exact) mass is 355 g/mol. The van der Waals surface area contributed by atoms with Gasteiger partial charge >= 0.3 is 5.97 Å². The van der Waals surface area contributed by atoms with Crippen LogP contribution in [0.1, 0.15) is 64.7 Å². The zero-order valence-corrected chi connectivity index (χ0v) is 15.4. The van der Waals surface area contributed by atoms with Crippen molar-refractivity contribution in [3.8, 4) is 0 Å². The summed E-state index contributed by atoms with van der Waals surface area (Å²) in [5.74, 6) is -0.582. The van der Waals surface area contributed by atoms with Crippen molar-refractivity contribution in [2.75, 3.05) is 19.8 Å². The first-order valence-electron chi connectivity index (χ1n) is 9.50. The lowest BCUT2D eigenvalue weighted by Crippen LogP contribution is -2.43. The van der Waals surface area contributed by atoms with Gasteiger partial charge in [-0.05, 0) is 32.1 Å². The Balaban J connectivity index is 2.36. The number of piperidine rings is 1. The molecule has 0 aromatic heterocycles. The van der Waals surface area contributed by atoms with Crippen molar-refractivity contribution >= 4 is 11.9 Å². The van der Waals surface area contributed by atoms with Gasteiger partial charge in [-0.15, -0.1) is 0 Å². The van der Waals surface area contributed by atoms with Gasteiger partial charge in [0, 0.05) is 26.0 Å². The lowest BCUT2D eigenvalue weighted by molar-refractivity contribution is -0.137. The van der Waals surface area contributed by atoms with E-state index in [0.29, 0.717) is 26.0 Å². The maximum absolute atomic E-state index is 12.2. The minimum Gasteiger partial charge on any atom is -0.481 e. The van der Waals surface area contributed by atoms with Crippen LogP contribution in [0.25, 0.3) is 0 Å². The van der Waals surface area contributed by atoms with Crippen LogP contribution in [0, 0.1) is 0 Å². The van der Waals surface area contributed by atoms with E-state index in [2.05, 4.69) is 0 Å². The van der Waals surface area contributed by atoms with E-state index in [0.717, 1.165) is 38.5 Å². The minimum absolute atomic E-state index is 0.0427. The van der Waals surface area contributed by atoms with Crippen LogP contribution in [0.3, 0.4) is 0 Å². The van der Waals surface area contributed by atoms with E-state index in [9.17, 15) is 14.7 Å². The maximum Gasteiger partial charge on any atom is 0.303 e. The highest BCUT2D eigenvalue weighted by atomic mass is 16.5. The van der Waals surface area contributed by atoms with Crippen molar-refractivity contribution in [3.63, 3.8) is 0 Å². The molecule has 0 aromatic rings. The van der Waals surface area contributed by atoms with Gasteiger partial charge in [0.25, 0.3) is 0 Å². The molecule has 1 unspecified atom stereocenters. The first kappa shape index (κ1) is 21.6. The van der Waals surface area contributed by atoms with E-state index in [1.807, 2.05) is 17.9 Å². The molecular formula is C19H33NO5. The number of unbranched alkanes of at least 4 members (excludes halogenated alkanes) is 3. The average molecular weight is 355 g/mol. The minimum atomic E-state index is -0.752. The summed E-state index contributed by atoms with van der Waals surface area (Å²) in [5.41, 5.74) is 0. The van der Waals surface area contributed by atoms with Crippen molar-refractivity contribution in [2.24, 2.45) is 0 Å². The molecule has 1 aliphatic rings. The number of hydrogen-bond acceptors (Lipinski definition) is 4. The zero-order valence-electron chi connectivity index (χ0n) is 15.4. The SMILES string of the molecule is CCCOCC(O)/C=C/[C@H]1CCCC(=O)N1CCCCCCC(=O)O. The molecule has 1 amide bonds. The summed E-state index contributed by atoms with van der Waals surface area (Å²) in [6, 6.07) is 0.0427. The predicted molar refractivity (Wildman–Crippen MR) is 96.3 cm³/mol. The largest absolute Gasteiger partial charge is 0.481 e. The molecule has 2 atom stereocenters. The van der Waals surface area contributed by atoms with Crippen LogP contribution in [0.15, 0.2) is 12.2 Å². The smallest absolute Gasteiger partial charge is 0.303 e. The van der Waals surface area contributed by atoms with Crippen molar-refractivity contribution < 1.29 is 24.5 Å². The van der Waals surface area contributed by atoms with E-state index < -0.39 is 12.1 Å². The van der Waals surface area contributed by atoms with Gasteiger partial charge in [0.1, 0.15) is 0 Å². The zero-order chi connectivity index (χ0) is 18.5. The summed E-state index contributed by atoms with van der Waals surface area (Å²) < 4.78 is 5.33. The number of likely N-dealkylation sites (tertiary alicyclic amines) is 1. The van der Waals surface area contributed by atoms with Gasteiger partial charge in [0.15, 0.2) is 0 Å². The van der Waals surface area contributed by atoms with Gasteiger partial charge in [-0.1, -0.05) is 31.9 Å². The molecule has 1 aliphatic heterocycles. The molecule has 0 radical (unpaired) electrons. The third kappa shape index (κ3) is 9.60. The van der Waals surface area contributed by atoms with Gasteiger partial charge < -0.3 is 19.8 Å². The molecule has 0 aromatic carbocycles. The number of ether oxygens (including phenoxy) is 1. The number of carboxylic acids is 1. The number of carbonyl (C=O) groups excluding carboxylic acids is 1. The van der Waals surface area contributed by atoms with Crippen LogP contribution in [0.4, 0.5) is 0 Å². The number of nitrogens with zero attached hydrogens (tertiary/aromatic N) is 1. The average Bonchev–Trinajstić information content (AvgIpc) is 2.57. The highest BCUT2D eigenvalue weighted by Gasteiger charge is 2.25. The third-order valence-corrected chi connectivity index (χ3v) is 4.34. The van der Waals surface area contributed by atoms with Crippen molar-refractivity contribution in [1.29, 1.82) is 0 Å². The molecule has 144 valence electrons. The Labute approximate surface area is 150 Å². The first-order chi connectivity index (χ1) is 12.0. The Hall–Kier alpha value is -1.40. The Morgan fingerprint density at radius 1 is 1.36 bits per heavy atom. The third-order valence-electron chi connectivity index (χ3n) is 4.34. The van der Waals surface area contributed by atoms with E-state index in [1.54, 1.807) is 6.08 Å². The molecule has 2 N–H and O–H groups in total. The lowest BCUT2D eigenvalue weighted by atomic mass is 9.99. The summed E-state index contributed by atoms with van der Waals surface area (Å²) in [6.45, 7) is 3.65. The molecule has 0 aliphatic carbocycles. The Morgan fingerprint density at radius 3 is 2.84 bits per heavy atom. The van der Waals surface area contributed by atoms with Gasteiger partial charge in [-0.2, -0.15) is 0 Å². The Morgan fingerprint density at radius 2 is 2.12 bits per heavy atom. The molecule has 0 saturated carbocycles. The fourth-order valence-electron chi connectivity index (χ4n) is 3.01. The molecule has 6 heteroatoms. The molecule has 0 spiro atoms. The first-order valence-corrected chi connectivity index (χ1v) is 9.50. The fourth-order valence-corrected chi connectivity index (χ4v) is 3.01. The number of hydrogen-bond donors (Lipinski definition) is 2. The van der Waals surface area contributed by atoms with Gasteiger partial charge in [-0.3, -0.25) is 9.59 Å². The summed E-state index contributed by atoms with van der Waals surface area (Å²) in [7, 11) is 0. The van der Waals surface area contributed by atoms with E-state index in [1.165, 1.54) is 0 Å². The normalized spacial score (nSPS) is 19.5. The molecule has 6 nitrogen and oxygen atoms in total. The second-order valence-electron chi connectivity index (χ2n) is 6.63. The topological polar surface area (TPSA) is 87.1 Å². The fraction of sp³-hybridized carbons (Fsp3) is 0.789. The van der Waals surface area contributed by atoms with Crippen LogP contribution in [0.5, 0.6) is 0 Å². The number of carboxylic acid groups (broad SMARTS) is 1. The molecule has 1 rings (SSSR count). The van der Waals surface area contributed by atoms with Crippen molar-refractivity contribution in [3.05, 3.63) is 12.2 Å². The number of amides is 1. The summed E-state index contributed by atoms with van der Waals surface area (Å²) in [4.78, 5) is 24.6. The van der Waals surface area contributed by atoms with Crippen LogP contribution in [-0.2, 0) is 14.3 Å². The maximum atomic E-state index is 12.2. The molecular weight excluding hydrogens is 322 g/mol. The summed E-state index contributed by atoms with van der Waals surface area (Å²) in [5, 5.41) is 18.5. The Kier molecular flexibility index (Phi) is 11.2. The quantitative estimate of drug-likeness (QED) is 0.392. The predicted octanol–water partition coefficient (Wildman–Crippen LogP) is 2.75. The number of aliphatic hydroxyl groups is 1. The second-order valence-corrected chi connectivity index (χ2v) is 6.63. The van der Waals surface area contributed by atoms with Crippen LogP contribution >= 0.6 is 0 Å². The van der Waals surface area contributed by atoms with Crippen LogP contribution in [-0.4, -0.2) is 58.9 Å². The van der Waals surface area contributed by atoms with E-state index >= 15 is 0 Å². The highest BCUT2D eigenvalue weighted by Crippen LogP contribution is 2.20. The summed E-state index contributed by atoms with van der Waals surface area (Å²) in [6.07, 6.45) is 9.94. The summed E-state index contributed by atoms with van der Waals surface area (Å²) >= 11 is 0. The molecule has 1 heterocycles. The van der Waals surface area contributed by atoms with Gasteiger partial charge in [0.05, 0.1) is 18.8 Å². The lowest BCUT2D eigenvalue weighted by Gasteiger charge is -2.34. The van der Waals surface area contributed by atoms with E-state index in [-0.39, 0.29) is 25.0 Å². The van der Waals surface area contributed by atoms with Crippen LogP contribution < -0.4 is 0 Å². The van der Waals surface area contributed by atoms with Crippen molar-refractivity contribution in [2.45, 2.75) is 76.9 Å². The number of carbonyl (C=O) groups is 2. The molecule has 1 saturated heterocycles. The van der Waals surface area contributed by atoms with Gasteiger partial charge in [-0.25, -0.2) is 0 Å². The van der Waals surface area contributed by atoms with Crippen LogP contribution in [0.2, 0.25) is 0 Å². The number of aliphatic carboxylic acids is 1. The second kappa shape index (κ2) is 12.9. The highest BCUT2D eigenvalue weighted by molar-refractivity contribution is 5.77. The van der Waals surface area contributed by atoms with Crippen molar-refractivity contribution in [1.82, 2.24) is 4.90 Å². The number of rotatable bonds is 13. The van der Waals surface area contributed by atoms with E-state index in [4.69, 9.17) is 9.84 Å². The molecule has 0 bridgehead atoms.